The van der Waals surface area contributed by atoms with E-state index in [1.165, 1.54) is 25.3 Å². The lowest BCUT2D eigenvalue weighted by atomic mass is 9.91. The summed E-state index contributed by atoms with van der Waals surface area (Å²) < 4.78 is 15.4. The van der Waals surface area contributed by atoms with Crippen LogP contribution in [0.3, 0.4) is 0 Å². The average molecular weight is 380 g/mol. The molecule has 1 aliphatic carbocycles. The van der Waals surface area contributed by atoms with Gasteiger partial charge in [0.15, 0.2) is 6.10 Å². The van der Waals surface area contributed by atoms with Gasteiger partial charge >= 0.3 is 17.9 Å². The fraction of sp³-hybridized carbons (Fsp3) is 0.550. The number of aliphatic hydroxyl groups is 1. The predicted molar refractivity (Wildman–Crippen MR) is 98.6 cm³/mol. The molecule has 150 valence electrons. The molecule has 0 aromatic heterocycles. The van der Waals surface area contributed by atoms with Crippen molar-refractivity contribution in [2.75, 3.05) is 7.11 Å². The molecule has 0 bridgehead atoms. The molecular formula is C20H28O7. The summed E-state index contributed by atoms with van der Waals surface area (Å²) in [6, 6.07) is 0. The molecule has 0 radical (unpaired) electrons. The monoisotopic (exact) mass is 380 g/mol. The van der Waals surface area contributed by atoms with E-state index in [2.05, 4.69) is 4.74 Å². The molecule has 0 saturated carbocycles. The van der Waals surface area contributed by atoms with Crippen LogP contribution in [0.1, 0.15) is 47.0 Å². The second-order valence-electron chi connectivity index (χ2n) is 6.44. The van der Waals surface area contributed by atoms with Crippen molar-refractivity contribution in [2.45, 2.75) is 65.3 Å². The summed E-state index contributed by atoms with van der Waals surface area (Å²) in [6.07, 6.45) is 1.82. The molecule has 0 aromatic rings. The third-order valence-electron chi connectivity index (χ3n) is 4.31. The van der Waals surface area contributed by atoms with Crippen LogP contribution in [0.25, 0.3) is 0 Å². The van der Waals surface area contributed by atoms with Crippen LogP contribution in [0.4, 0.5) is 0 Å². The number of methoxy groups -OCH3 is 1. The number of aliphatic hydroxyl groups excluding tert-OH is 1. The molecule has 0 heterocycles. The zero-order valence-electron chi connectivity index (χ0n) is 16.5. The number of hydrogen-bond donors (Lipinski definition) is 1. The first-order valence-corrected chi connectivity index (χ1v) is 8.94. The number of esters is 3. The van der Waals surface area contributed by atoms with Gasteiger partial charge in [-0.3, -0.25) is 0 Å². The van der Waals surface area contributed by atoms with E-state index in [4.69, 9.17) is 9.47 Å². The van der Waals surface area contributed by atoms with Gasteiger partial charge in [0.05, 0.1) is 7.11 Å². The zero-order chi connectivity index (χ0) is 20.6. The first-order chi connectivity index (χ1) is 12.7. The maximum absolute atomic E-state index is 12.1. The highest BCUT2D eigenvalue weighted by Crippen LogP contribution is 2.26. The van der Waals surface area contributed by atoms with Crippen molar-refractivity contribution in [3.05, 3.63) is 34.9 Å². The van der Waals surface area contributed by atoms with Gasteiger partial charge in [-0.05, 0) is 32.8 Å². The maximum Gasteiger partial charge on any atom is 0.333 e. The lowest BCUT2D eigenvalue weighted by molar-refractivity contribution is -0.170. The summed E-state index contributed by atoms with van der Waals surface area (Å²) in [5.74, 6) is -1.91. The van der Waals surface area contributed by atoms with E-state index in [9.17, 15) is 19.5 Å². The molecule has 0 aliphatic heterocycles. The van der Waals surface area contributed by atoms with E-state index in [-0.39, 0.29) is 12.0 Å². The van der Waals surface area contributed by atoms with Crippen LogP contribution in [0.5, 0.6) is 0 Å². The molecule has 7 nitrogen and oxygen atoms in total. The summed E-state index contributed by atoms with van der Waals surface area (Å²) >= 11 is 0. The minimum Gasteiger partial charge on any atom is -0.466 e. The fourth-order valence-corrected chi connectivity index (χ4v) is 2.42. The summed E-state index contributed by atoms with van der Waals surface area (Å²) in [7, 11) is 1.22. The molecule has 1 aliphatic rings. The molecule has 0 saturated heterocycles. The molecule has 3 atom stereocenters. The Balaban J connectivity index is 3.06. The molecule has 1 N–H and O–H groups in total. The smallest absolute Gasteiger partial charge is 0.333 e. The van der Waals surface area contributed by atoms with Crippen molar-refractivity contribution in [1.29, 1.82) is 0 Å². The van der Waals surface area contributed by atoms with Crippen molar-refractivity contribution >= 4 is 17.9 Å². The quantitative estimate of drug-likeness (QED) is 0.411. The molecule has 0 amide bonds. The molecule has 7 heteroatoms. The van der Waals surface area contributed by atoms with Crippen LogP contribution in [-0.2, 0) is 28.6 Å². The molecular weight excluding hydrogens is 352 g/mol. The Labute approximate surface area is 159 Å². The number of allylic oxidation sites excluding steroid dienone is 2. The first-order valence-electron chi connectivity index (χ1n) is 8.94. The average Bonchev–Trinajstić information content (AvgIpc) is 2.62. The van der Waals surface area contributed by atoms with Crippen molar-refractivity contribution in [1.82, 2.24) is 0 Å². The van der Waals surface area contributed by atoms with Gasteiger partial charge in [0.1, 0.15) is 12.2 Å². The van der Waals surface area contributed by atoms with Crippen molar-refractivity contribution < 1.29 is 33.7 Å². The Kier molecular flexibility index (Phi) is 8.94. The number of carbonyl (C=O) groups is 3. The third-order valence-corrected chi connectivity index (χ3v) is 4.31. The van der Waals surface area contributed by atoms with Gasteiger partial charge in [0.25, 0.3) is 0 Å². The van der Waals surface area contributed by atoms with Crippen LogP contribution in [0.15, 0.2) is 34.9 Å². The van der Waals surface area contributed by atoms with Gasteiger partial charge in [-0.25, -0.2) is 14.4 Å². The van der Waals surface area contributed by atoms with E-state index < -0.39 is 36.2 Å². The summed E-state index contributed by atoms with van der Waals surface area (Å²) in [5, 5.41) is 10.3. The topological polar surface area (TPSA) is 99.1 Å². The molecule has 27 heavy (non-hydrogen) atoms. The fourth-order valence-electron chi connectivity index (χ4n) is 2.42. The molecule has 1 rings (SSSR count). The Morgan fingerprint density at radius 2 is 1.59 bits per heavy atom. The van der Waals surface area contributed by atoms with Crippen LogP contribution in [-0.4, -0.2) is 48.4 Å². The molecule has 0 spiro atoms. The zero-order valence-corrected chi connectivity index (χ0v) is 16.5. The number of ether oxygens (including phenoxy) is 3. The molecule has 0 unspecified atom stereocenters. The van der Waals surface area contributed by atoms with Crippen LogP contribution < -0.4 is 0 Å². The highest BCUT2D eigenvalue weighted by atomic mass is 16.6. The summed E-state index contributed by atoms with van der Waals surface area (Å²) in [6.45, 7) is 7.36. The Morgan fingerprint density at radius 1 is 1.07 bits per heavy atom. The first kappa shape index (κ1) is 22.6. The van der Waals surface area contributed by atoms with Crippen molar-refractivity contribution in [3.63, 3.8) is 0 Å². The van der Waals surface area contributed by atoms with Crippen molar-refractivity contribution in [2.24, 2.45) is 0 Å². The molecule has 0 fully saturated rings. The van der Waals surface area contributed by atoms with E-state index in [1.807, 2.05) is 13.8 Å². The Hall–Kier alpha value is -2.41. The maximum atomic E-state index is 12.1. The van der Waals surface area contributed by atoms with Gasteiger partial charge in [0.2, 0.25) is 0 Å². The lowest BCUT2D eigenvalue weighted by Gasteiger charge is -2.32. The second-order valence-corrected chi connectivity index (χ2v) is 6.44. The van der Waals surface area contributed by atoms with Crippen LogP contribution in [0, 0.1) is 0 Å². The summed E-state index contributed by atoms with van der Waals surface area (Å²) in [4.78, 5) is 36.0. The number of carbonyl (C=O) groups excluding carboxylic acids is 3. The van der Waals surface area contributed by atoms with E-state index in [1.54, 1.807) is 13.8 Å². The van der Waals surface area contributed by atoms with Gasteiger partial charge in [-0.2, -0.15) is 0 Å². The normalized spacial score (nSPS) is 23.3. The van der Waals surface area contributed by atoms with E-state index in [0.717, 1.165) is 11.1 Å². The van der Waals surface area contributed by atoms with Gasteiger partial charge < -0.3 is 19.3 Å². The minimum absolute atomic E-state index is 0.0249. The number of hydrogen-bond acceptors (Lipinski definition) is 7. The highest BCUT2D eigenvalue weighted by molar-refractivity contribution is 5.89. The highest BCUT2D eigenvalue weighted by Gasteiger charge is 2.39. The van der Waals surface area contributed by atoms with E-state index >= 15 is 0 Å². The van der Waals surface area contributed by atoms with Gasteiger partial charge in [-0.15, -0.1) is 0 Å². The van der Waals surface area contributed by atoms with Crippen molar-refractivity contribution in [3.8, 4) is 0 Å². The molecule has 0 aromatic carbocycles. The van der Waals surface area contributed by atoms with Gasteiger partial charge in [-0.1, -0.05) is 25.0 Å². The Morgan fingerprint density at radius 3 is 2.07 bits per heavy atom. The van der Waals surface area contributed by atoms with Crippen LogP contribution in [0.2, 0.25) is 0 Å². The van der Waals surface area contributed by atoms with Gasteiger partial charge in [0, 0.05) is 24.1 Å². The van der Waals surface area contributed by atoms with Crippen LogP contribution >= 0.6 is 0 Å². The minimum atomic E-state index is -1.30. The third kappa shape index (κ3) is 7.02. The van der Waals surface area contributed by atoms with E-state index in [0.29, 0.717) is 12.8 Å². The number of rotatable bonds is 7. The predicted octanol–water partition coefficient (Wildman–Crippen LogP) is 2.39. The SMILES string of the molecule is CC/C(C)=C/C(=O)O[C@@H]1[C@H](O)C=C(C(=O)OC)C[C@H]1OC(=O)/C=C(\C)CC. The Bertz CT molecular complexity index is 657. The standard InChI is InChI=1S/C20H28O7/c1-6-12(3)8-17(22)26-16-11-14(20(24)25-5)10-15(21)19(16)27-18(23)9-13(4)7-2/h8-10,15-16,19,21H,6-7,11H2,1-5H3/b12-8+,13-9+/t15-,16-,19-/m1/s1. The largest absolute Gasteiger partial charge is 0.466 e. The lowest BCUT2D eigenvalue weighted by Crippen LogP contribution is -2.46. The summed E-state index contributed by atoms with van der Waals surface area (Å²) in [5.41, 5.74) is 1.79. The second kappa shape index (κ2) is 10.7.